The van der Waals surface area contributed by atoms with Crippen molar-refractivity contribution in [3.8, 4) is 22.5 Å². The van der Waals surface area contributed by atoms with E-state index in [-0.39, 0.29) is 0 Å². The zero-order valence-corrected chi connectivity index (χ0v) is 17.6. The number of methoxy groups -OCH3 is 1. The molecule has 5 aromatic rings. The average Bonchev–Trinajstić information content (AvgIpc) is 3.43. The van der Waals surface area contributed by atoms with Crippen molar-refractivity contribution in [2.45, 2.75) is 16.8 Å². The molecule has 0 bridgehead atoms. The number of thiophene rings is 1. The van der Waals surface area contributed by atoms with Crippen molar-refractivity contribution in [2.75, 3.05) is 7.11 Å². The van der Waals surface area contributed by atoms with Crippen LogP contribution in [0.25, 0.3) is 32.7 Å². The quantitative estimate of drug-likeness (QED) is 0.384. The molecular formula is C21H16N6OS2. The van der Waals surface area contributed by atoms with Crippen LogP contribution in [0.5, 0.6) is 0 Å². The molecule has 148 valence electrons. The number of fused-ring (bicyclic) bond motifs is 1. The van der Waals surface area contributed by atoms with Crippen molar-refractivity contribution in [3.63, 3.8) is 0 Å². The lowest BCUT2D eigenvalue weighted by Crippen LogP contribution is -1.98. The van der Waals surface area contributed by atoms with E-state index in [1.165, 1.54) is 11.8 Å². The summed E-state index contributed by atoms with van der Waals surface area (Å²) in [6.45, 7) is 0.346. The van der Waals surface area contributed by atoms with Crippen molar-refractivity contribution in [1.29, 1.82) is 0 Å². The van der Waals surface area contributed by atoms with Gasteiger partial charge in [0.25, 0.3) is 0 Å². The highest BCUT2D eigenvalue weighted by Crippen LogP contribution is 2.40. The van der Waals surface area contributed by atoms with E-state index < -0.39 is 0 Å². The maximum absolute atomic E-state index is 5.26. The highest BCUT2D eigenvalue weighted by atomic mass is 32.2. The fourth-order valence-corrected chi connectivity index (χ4v) is 4.96. The molecule has 0 saturated heterocycles. The zero-order valence-electron chi connectivity index (χ0n) is 15.9. The normalized spacial score (nSPS) is 11.2. The number of aromatic amines is 1. The average molecular weight is 433 g/mol. The van der Waals surface area contributed by atoms with E-state index in [2.05, 4.69) is 42.7 Å². The van der Waals surface area contributed by atoms with Crippen LogP contribution in [0.4, 0.5) is 0 Å². The second-order valence-corrected chi connectivity index (χ2v) is 8.19. The van der Waals surface area contributed by atoms with Crippen LogP contribution in [0.1, 0.15) is 5.82 Å². The van der Waals surface area contributed by atoms with Gasteiger partial charge in [0, 0.05) is 36.0 Å². The van der Waals surface area contributed by atoms with Gasteiger partial charge in [0.15, 0.2) is 11.6 Å². The molecule has 0 radical (unpaired) electrons. The molecule has 0 spiro atoms. The predicted molar refractivity (Wildman–Crippen MR) is 117 cm³/mol. The van der Waals surface area contributed by atoms with Crippen molar-refractivity contribution >= 4 is 33.3 Å². The Morgan fingerprint density at radius 3 is 2.63 bits per heavy atom. The molecular weight excluding hydrogens is 416 g/mol. The Morgan fingerprint density at radius 1 is 1.00 bits per heavy atom. The third-order valence-corrected chi connectivity index (χ3v) is 6.14. The first-order valence-corrected chi connectivity index (χ1v) is 10.8. The zero-order chi connectivity index (χ0) is 20.3. The van der Waals surface area contributed by atoms with E-state index in [1.807, 2.05) is 30.3 Å². The first-order chi connectivity index (χ1) is 14.8. The van der Waals surface area contributed by atoms with Gasteiger partial charge in [-0.3, -0.25) is 10.1 Å². The lowest BCUT2D eigenvalue weighted by molar-refractivity contribution is 0.177. The second-order valence-electron chi connectivity index (χ2n) is 6.38. The lowest BCUT2D eigenvalue weighted by atomic mass is 10.1. The highest BCUT2D eigenvalue weighted by molar-refractivity contribution is 7.99. The monoisotopic (exact) mass is 432 g/mol. The minimum absolute atomic E-state index is 0.346. The highest BCUT2D eigenvalue weighted by Gasteiger charge is 2.18. The Labute approximate surface area is 180 Å². The topological polar surface area (TPSA) is 89.5 Å². The van der Waals surface area contributed by atoms with Crippen molar-refractivity contribution in [2.24, 2.45) is 0 Å². The Hall–Kier alpha value is -3.14. The van der Waals surface area contributed by atoms with Gasteiger partial charge in [-0.1, -0.05) is 30.3 Å². The molecule has 0 atom stereocenters. The summed E-state index contributed by atoms with van der Waals surface area (Å²) in [5, 5.41) is 11.9. The van der Waals surface area contributed by atoms with E-state index >= 15 is 0 Å². The lowest BCUT2D eigenvalue weighted by Gasteiger charge is -2.06. The molecule has 0 aliphatic heterocycles. The van der Waals surface area contributed by atoms with Crippen LogP contribution in [0.15, 0.2) is 70.4 Å². The Bertz CT molecular complexity index is 1290. The van der Waals surface area contributed by atoms with Gasteiger partial charge in [0.05, 0.1) is 5.39 Å². The summed E-state index contributed by atoms with van der Waals surface area (Å²) in [6, 6.07) is 14.0. The van der Waals surface area contributed by atoms with Gasteiger partial charge in [-0.15, -0.1) is 16.4 Å². The molecule has 5 rings (SSSR count). The maximum atomic E-state index is 5.26. The van der Waals surface area contributed by atoms with E-state index in [4.69, 9.17) is 9.72 Å². The number of nitrogens with zero attached hydrogens (tertiary/aromatic N) is 5. The fraction of sp³-hybridized carbons (Fsp3) is 0.0952. The molecule has 0 unspecified atom stereocenters. The minimum atomic E-state index is 0.346. The number of nitrogens with one attached hydrogen (secondary N) is 1. The molecule has 1 N–H and O–H groups in total. The number of H-pyrrole nitrogens is 1. The Balaban J connectivity index is 1.59. The molecule has 0 fully saturated rings. The molecule has 0 amide bonds. The largest absolute Gasteiger partial charge is 0.377 e. The van der Waals surface area contributed by atoms with E-state index in [1.54, 1.807) is 30.8 Å². The minimum Gasteiger partial charge on any atom is -0.377 e. The van der Waals surface area contributed by atoms with Gasteiger partial charge in [0.2, 0.25) is 5.16 Å². The van der Waals surface area contributed by atoms with Gasteiger partial charge < -0.3 is 4.74 Å². The van der Waals surface area contributed by atoms with E-state index in [0.717, 1.165) is 31.9 Å². The Kier molecular flexibility index (Phi) is 5.22. The van der Waals surface area contributed by atoms with E-state index in [0.29, 0.717) is 23.4 Å². The van der Waals surface area contributed by atoms with Gasteiger partial charge >= 0.3 is 0 Å². The smallest absolute Gasteiger partial charge is 0.215 e. The number of pyridine rings is 1. The summed E-state index contributed by atoms with van der Waals surface area (Å²) in [6.07, 6.45) is 3.46. The summed E-state index contributed by atoms with van der Waals surface area (Å²) < 4.78 is 5.26. The predicted octanol–water partition coefficient (Wildman–Crippen LogP) is 4.84. The molecule has 9 heteroatoms. The third kappa shape index (κ3) is 3.70. The van der Waals surface area contributed by atoms with Crippen LogP contribution in [-0.2, 0) is 11.3 Å². The van der Waals surface area contributed by atoms with Gasteiger partial charge in [-0.2, -0.15) is 0 Å². The van der Waals surface area contributed by atoms with Gasteiger partial charge in [-0.25, -0.2) is 15.0 Å². The number of aromatic nitrogens is 6. The van der Waals surface area contributed by atoms with Crippen molar-refractivity contribution < 1.29 is 4.74 Å². The van der Waals surface area contributed by atoms with Crippen molar-refractivity contribution in [1.82, 2.24) is 30.1 Å². The summed E-state index contributed by atoms with van der Waals surface area (Å²) in [7, 11) is 1.64. The summed E-state index contributed by atoms with van der Waals surface area (Å²) in [4.78, 5) is 19.0. The van der Waals surface area contributed by atoms with Crippen LogP contribution < -0.4 is 0 Å². The van der Waals surface area contributed by atoms with Crippen molar-refractivity contribution in [3.05, 3.63) is 66.1 Å². The summed E-state index contributed by atoms with van der Waals surface area (Å²) in [5.41, 5.74) is 3.16. The number of rotatable bonds is 6. The Morgan fingerprint density at radius 2 is 1.83 bits per heavy atom. The molecule has 7 nitrogen and oxygen atoms in total. The number of benzene rings is 1. The number of ether oxygens (including phenoxy) is 1. The SMILES string of the molecule is COCc1nc(Sc2n[nH]c(-c3ccncc3)n2)c2c(-c3ccccc3)csc2n1. The molecule has 0 aliphatic carbocycles. The molecule has 4 aromatic heterocycles. The summed E-state index contributed by atoms with van der Waals surface area (Å²) in [5.74, 6) is 1.33. The fourth-order valence-electron chi connectivity index (χ4n) is 3.07. The molecule has 0 saturated carbocycles. The summed E-state index contributed by atoms with van der Waals surface area (Å²) >= 11 is 3.02. The van der Waals surface area contributed by atoms with Crippen LogP contribution >= 0.6 is 23.1 Å². The second kappa shape index (κ2) is 8.31. The van der Waals surface area contributed by atoms with Crippen LogP contribution in [0, 0.1) is 0 Å². The van der Waals surface area contributed by atoms with Crippen LogP contribution in [-0.4, -0.2) is 37.2 Å². The third-order valence-electron chi connectivity index (χ3n) is 4.41. The maximum Gasteiger partial charge on any atom is 0.215 e. The van der Waals surface area contributed by atoms with E-state index in [9.17, 15) is 0 Å². The number of hydrogen-bond acceptors (Lipinski definition) is 8. The molecule has 30 heavy (non-hydrogen) atoms. The number of hydrogen-bond donors (Lipinski definition) is 1. The first-order valence-electron chi connectivity index (χ1n) is 9.15. The molecule has 0 aliphatic rings. The van der Waals surface area contributed by atoms with Gasteiger partial charge in [-0.05, 0) is 29.5 Å². The molecule has 4 heterocycles. The standard InChI is InChI=1S/C21H16N6OS2/c1-28-11-16-23-19-17(15(12-29-19)13-5-3-2-4-6-13)20(24-16)30-21-25-18(26-27-21)14-7-9-22-10-8-14/h2-10,12H,11H2,1H3,(H,25,26,27). The van der Waals surface area contributed by atoms with Crippen LogP contribution in [0.2, 0.25) is 0 Å². The molecule has 1 aromatic carbocycles. The first kappa shape index (κ1) is 18.9. The van der Waals surface area contributed by atoms with Crippen LogP contribution in [0.3, 0.4) is 0 Å². The van der Waals surface area contributed by atoms with Gasteiger partial charge in [0.1, 0.15) is 16.5 Å².